The van der Waals surface area contributed by atoms with E-state index >= 15 is 0 Å². The molecule has 3 aromatic carbocycles. The number of ether oxygens (including phenoxy) is 1. The Labute approximate surface area is 247 Å². The fraction of sp³-hybridized carbons (Fsp3) is 0.364. The molecule has 0 bridgehead atoms. The van der Waals surface area contributed by atoms with Crippen molar-refractivity contribution in [2.45, 2.75) is 68.6 Å². The molecule has 9 heteroatoms. The molecule has 8 nitrogen and oxygen atoms in total. The van der Waals surface area contributed by atoms with Crippen LogP contribution in [-0.2, 0) is 33.3 Å². The number of sulfonamides is 1. The largest absolute Gasteiger partial charge is 0.497 e. The second-order valence-electron chi connectivity index (χ2n) is 12.0. The van der Waals surface area contributed by atoms with E-state index in [4.69, 9.17) is 10.5 Å². The van der Waals surface area contributed by atoms with Crippen LogP contribution in [0.15, 0.2) is 77.8 Å². The molecule has 0 saturated heterocycles. The third-order valence-electron chi connectivity index (χ3n) is 8.66. The van der Waals surface area contributed by atoms with Gasteiger partial charge in [0.2, 0.25) is 15.9 Å². The van der Waals surface area contributed by atoms with Crippen molar-refractivity contribution in [3.05, 3.63) is 95.3 Å². The van der Waals surface area contributed by atoms with Crippen molar-refractivity contribution in [3.8, 4) is 5.75 Å². The van der Waals surface area contributed by atoms with E-state index in [9.17, 15) is 13.2 Å². The summed E-state index contributed by atoms with van der Waals surface area (Å²) in [6, 6.07) is 20.1. The smallest absolute Gasteiger partial charge is 0.243 e. The molecule has 2 heterocycles. The molecule has 220 valence electrons. The molecule has 0 radical (unpaired) electrons. The zero-order valence-corrected chi connectivity index (χ0v) is 25.2. The van der Waals surface area contributed by atoms with Gasteiger partial charge in [-0.1, -0.05) is 30.3 Å². The molecule has 6 rings (SSSR count). The first-order valence-corrected chi connectivity index (χ1v) is 15.9. The molecule has 0 fully saturated rings. The highest BCUT2D eigenvalue weighted by Crippen LogP contribution is 2.37. The Morgan fingerprint density at radius 2 is 1.83 bits per heavy atom. The Hall–Kier alpha value is -3.66. The lowest BCUT2D eigenvalue weighted by Gasteiger charge is -2.36. The molecule has 1 aromatic heterocycles. The molecule has 42 heavy (non-hydrogen) atoms. The van der Waals surface area contributed by atoms with Gasteiger partial charge in [-0.05, 0) is 97.0 Å². The number of fused-ring (bicyclic) bond motifs is 3. The van der Waals surface area contributed by atoms with E-state index in [2.05, 4.69) is 17.4 Å². The highest BCUT2D eigenvalue weighted by Gasteiger charge is 2.38. The standard InChI is InChI=1S/C33H38N4O4S/c1-33(2,34)25-11-14-28-24(18-25)6-4-7-29(28)35-32(38)21-31-30-8-5-15-36(30)16-17-37(31)42(39,40)27-13-10-22-19-26(41-3)12-9-23(22)20-27/h5,8-15,18-20,29,31H,4,6-7,16-17,21,34H2,1-3H3,(H,35,38). The van der Waals surface area contributed by atoms with Gasteiger partial charge in [0.15, 0.2) is 0 Å². The summed E-state index contributed by atoms with van der Waals surface area (Å²) in [4.78, 5) is 13.8. The van der Waals surface area contributed by atoms with Crippen LogP contribution < -0.4 is 15.8 Å². The van der Waals surface area contributed by atoms with E-state index < -0.39 is 21.6 Å². The van der Waals surface area contributed by atoms with Crippen LogP contribution in [-0.4, -0.2) is 36.9 Å². The highest BCUT2D eigenvalue weighted by molar-refractivity contribution is 7.89. The van der Waals surface area contributed by atoms with Gasteiger partial charge in [0.05, 0.1) is 24.1 Å². The van der Waals surface area contributed by atoms with Crippen LogP contribution in [0.2, 0.25) is 0 Å². The lowest BCUT2D eigenvalue weighted by Crippen LogP contribution is -2.44. The summed E-state index contributed by atoms with van der Waals surface area (Å²) in [5.41, 5.74) is 10.1. The summed E-state index contributed by atoms with van der Waals surface area (Å²) < 4.78 is 37.0. The van der Waals surface area contributed by atoms with Crippen LogP contribution in [0.1, 0.15) is 67.6 Å². The number of nitrogens with zero attached hydrogens (tertiary/aromatic N) is 2. The number of rotatable bonds is 7. The molecule has 1 aliphatic carbocycles. The maximum absolute atomic E-state index is 14.1. The molecule has 1 amide bonds. The second-order valence-corrected chi connectivity index (χ2v) is 13.9. The highest BCUT2D eigenvalue weighted by atomic mass is 32.2. The molecule has 2 aliphatic rings. The molecule has 2 unspecified atom stereocenters. The number of aromatic nitrogens is 1. The van der Waals surface area contributed by atoms with Gasteiger partial charge in [0, 0.05) is 36.9 Å². The monoisotopic (exact) mass is 586 g/mol. The molecule has 0 spiro atoms. The number of nitrogens with two attached hydrogens (primary N) is 1. The van der Waals surface area contributed by atoms with E-state index in [1.54, 1.807) is 25.3 Å². The minimum absolute atomic E-state index is 0.0355. The number of hydrogen-bond acceptors (Lipinski definition) is 5. The molecular formula is C33H38N4O4S. The average Bonchev–Trinajstić information content (AvgIpc) is 3.45. The number of benzene rings is 3. The number of carbonyl (C=O) groups is 1. The van der Waals surface area contributed by atoms with Gasteiger partial charge in [-0.25, -0.2) is 8.42 Å². The topological polar surface area (TPSA) is 107 Å². The number of aryl methyl sites for hydroxylation is 1. The predicted molar refractivity (Wildman–Crippen MR) is 164 cm³/mol. The lowest BCUT2D eigenvalue weighted by atomic mass is 9.83. The van der Waals surface area contributed by atoms with E-state index in [0.717, 1.165) is 46.9 Å². The molecule has 1 aliphatic heterocycles. The first kappa shape index (κ1) is 28.5. The Balaban J connectivity index is 1.27. The number of carbonyl (C=O) groups excluding carboxylic acids is 1. The van der Waals surface area contributed by atoms with Crippen LogP contribution in [0.4, 0.5) is 0 Å². The maximum Gasteiger partial charge on any atom is 0.243 e. The summed E-state index contributed by atoms with van der Waals surface area (Å²) in [6.07, 6.45) is 4.74. The summed E-state index contributed by atoms with van der Waals surface area (Å²) in [5.74, 6) is 0.548. The Bertz CT molecular complexity index is 1760. The summed E-state index contributed by atoms with van der Waals surface area (Å²) in [6.45, 7) is 4.80. The zero-order chi connectivity index (χ0) is 29.6. The van der Waals surface area contributed by atoms with Gasteiger partial charge < -0.3 is 20.4 Å². The number of methoxy groups -OCH3 is 1. The average molecular weight is 587 g/mol. The van der Waals surface area contributed by atoms with Gasteiger partial charge in [-0.2, -0.15) is 4.31 Å². The van der Waals surface area contributed by atoms with Crippen LogP contribution in [0.5, 0.6) is 5.75 Å². The third-order valence-corrected chi connectivity index (χ3v) is 10.6. The van der Waals surface area contributed by atoms with Gasteiger partial charge in [0.25, 0.3) is 0 Å². The Kier molecular flexibility index (Phi) is 7.37. The van der Waals surface area contributed by atoms with Crippen LogP contribution in [0, 0.1) is 0 Å². The molecule has 0 saturated carbocycles. The number of amides is 1. The minimum atomic E-state index is -3.89. The summed E-state index contributed by atoms with van der Waals surface area (Å²) >= 11 is 0. The fourth-order valence-corrected chi connectivity index (χ4v) is 7.98. The first-order chi connectivity index (χ1) is 20.0. The zero-order valence-electron chi connectivity index (χ0n) is 24.3. The molecular weight excluding hydrogens is 548 g/mol. The van der Waals surface area contributed by atoms with Crippen molar-refractivity contribution in [2.24, 2.45) is 5.73 Å². The maximum atomic E-state index is 14.1. The third kappa shape index (κ3) is 5.32. The minimum Gasteiger partial charge on any atom is -0.497 e. The van der Waals surface area contributed by atoms with Crippen LogP contribution in [0.3, 0.4) is 0 Å². The van der Waals surface area contributed by atoms with Crippen molar-refractivity contribution < 1.29 is 17.9 Å². The number of nitrogens with one attached hydrogen (secondary N) is 1. The van der Waals surface area contributed by atoms with Gasteiger partial charge in [-0.3, -0.25) is 4.79 Å². The SMILES string of the molecule is COc1ccc2cc(S(=O)(=O)N3CCn4cccc4C3CC(=O)NC3CCCc4cc(C(C)(C)N)ccc43)ccc2c1. The van der Waals surface area contributed by atoms with Gasteiger partial charge in [-0.15, -0.1) is 0 Å². The lowest BCUT2D eigenvalue weighted by molar-refractivity contribution is -0.123. The Morgan fingerprint density at radius 3 is 2.62 bits per heavy atom. The van der Waals surface area contributed by atoms with Crippen molar-refractivity contribution in [1.82, 2.24) is 14.2 Å². The fourth-order valence-electron chi connectivity index (χ4n) is 6.36. The van der Waals surface area contributed by atoms with Crippen molar-refractivity contribution >= 4 is 26.7 Å². The Morgan fingerprint density at radius 1 is 1.05 bits per heavy atom. The normalized spacial score (nSPS) is 19.2. The van der Waals surface area contributed by atoms with Gasteiger partial charge in [0.1, 0.15) is 5.75 Å². The van der Waals surface area contributed by atoms with Gasteiger partial charge >= 0.3 is 0 Å². The summed E-state index contributed by atoms with van der Waals surface area (Å²) in [5, 5.41) is 4.94. The van der Waals surface area contributed by atoms with Crippen LogP contribution in [0.25, 0.3) is 10.8 Å². The first-order valence-electron chi connectivity index (χ1n) is 14.5. The van der Waals surface area contributed by atoms with E-state index in [0.29, 0.717) is 12.3 Å². The van der Waals surface area contributed by atoms with Crippen molar-refractivity contribution in [2.75, 3.05) is 13.7 Å². The second kappa shape index (κ2) is 10.9. The van der Waals surface area contributed by atoms with E-state index in [1.165, 1.54) is 9.87 Å². The summed E-state index contributed by atoms with van der Waals surface area (Å²) in [7, 11) is -2.28. The molecule has 4 aromatic rings. The predicted octanol–water partition coefficient (Wildman–Crippen LogP) is 5.17. The van der Waals surface area contributed by atoms with E-state index in [1.807, 2.05) is 61.0 Å². The van der Waals surface area contributed by atoms with Crippen molar-refractivity contribution in [1.29, 1.82) is 0 Å². The van der Waals surface area contributed by atoms with Crippen molar-refractivity contribution in [3.63, 3.8) is 0 Å². The molecule has 2 atom stereocenters. The number of hydrogen-bond donors (Lipinski definition) is 2. The van der Waals surface area contributed by atoms with E-state index in [-0.39, 0.29) is 29.8 Å². The quantitative estimate of drug-likeness (QED) is 0.311. The van der Waals surface area contributed by atoms with Crippen LogP contribution >= 0.6 is 0 Å². The molecule has 3 N–H and O–H groups in total.